The lowest BCUT2D eigenvalue weighted by atomic mass is 9.93. The van der Waals surface area contributed by atoms with E-state index in [2.05, 4.69) is 179 Å². The summed E-state index contributed by atoms with van der Waals surface area (Å²) in [5.74, 6) is 0.907. The van der Waals surface area contributed by atoms with Crippen molar-refractivity contribution in [2.24, 2.45) is 4.99 Å². The molecule has 4 heteroatoms. The van der Waals surface area contributed by atoms with Crippen molar-refractivity contribution in [3.05, 3.63) is 193 Å². The number of aliphatic imine (C=N–C) groups is 1. The maximum atomic E-state index is 5.29. The van der Waals surface area contributed by atoms with Crippen molar-refractivity contribution in [1.82, 2.24) is 4.98 Å². The summed E-state index contributed by atoms with van der Waals surface area (Å²) in [7, 11) is 0. The Labute approximate surface area is 296 Å². The van der Waals surface area contributed by atoms with Crippen LogP contribution in [0.2, 0.25) is 0 Å². The second-order valence-corrected chi connectivity index (χ2v) is 13.1. The second kappa shape index (κ2) is 12.0. The number of hydrogen-bond acceptors (Lipinski definition) is 4. The molecule has 1 atom stereocenters. The highest BCUT2D eigenvalue weighted by molar-refractivity contribution is 6.18. The van der Waals surface area contributed by atoms with Crippen molar-refractivity contribution >= 4 is 44.5 Å². The number of benzene rings is 7. The van der Waals surface area contributed by atoms with E-state index in [1.165, 1.54) is 43.8 Å². The SMILES string of the molecule is C1=C(c2cccnc2)N=C(c2ccccc2)N2c3cc(-c4ccccc4)cc(-c4ccc5c(ccc6cc(-c7ccccc7)ccc65)c4)c3NC12. The largest absolute Gasteiger partial charge is 0.359 e. The zero-order valence-electron chi connectivity index (χ0n) is 27.7. The normalized spacial score (nSPS) is 14.8. The van der Waals surface area contributed by atoms with Crippen LogP contribution in [0.4, 0.5) is 11.4 Å². The van der Waals surface area contributed by atoms with Crippen LogP contribution in [0.3, 0.4) is 0 Å². The maximum absolute atomic E-state index is 5.29. The van der Waals surface area contributed by atoms with Crippen LogP contribution in [0.25, 0.3) is 60.6 Å². The molecule has 4 nitrogen and oxygen atoms in total. The summed E-state index contributed by atoms with van der Waals surface area (Å²) in [5.41, 5.74) is 12.3. The van der Waals surface area contributed by atoms with Gasteiger partial charge in [-0.25, -0.2) is 4.99 Å². The van der Waals surface area contributed by atoms with Crippen molar-refractivity contribution < 1.29 is 0 Å². The topological polar surface area (TPSA) is 40.5 Å². The highest BCUT2D eigenvalue weighted by atomic mass is 15.4. The Morgan fingerprint density at radius 3 is 1.76 bits per heavy atom. The lowest BCUT2D eigenvalue weighted by Crippen LogP contribution is -2.42. The standard InChI is InChI=1S/C47H32N4/c1-4-11-31(12-5-1)34-20-22-40-35(25-34)18-19-36-26-37(21-23-41(36)40)42-27-39(32-13-6-2-7-14-32)28-44-46(42)50-45-29-43(38-17-10-24-48-30-38)49-47(51(44)45)33-15-8-3-9-16-33/h1-30,45,50H. The van der Waals surface area contributed by atoms with Gasteiger partial charge in [0.2, 0.25) is 0 Å². The third-order valence-electron chi connectivity index (χ3n) is 10.1. The summed E-state index contributed by atoms with van der Waals surface area (Å²) in [4.78, 5) is 12.0. The molecule has 1 aromatic heterocycles. The molecular formula is C47H32N4. The smallest absolute Gasteiger partial charge is 0.143 e. The van der Waals surface area contributed by atoms with E-state index in [1.807, 2.05) is 12.3 Å². The van der Waals surface area contributed by atoms with Crippen molar-refractivity contribution in [3.8, 4) is 33.4 Å². The van der Waals surface area contributed by atoms with E-state index in [1.54, 1.807) is 6.20 Å². The maximum Gasteiger partial charge on any atom is 0.143 e. The number of nitrogens with zero attached hydrogens (tertiary/aromatic N) is 3. The monoisotopic (exact) mass is 652 g/mol. The number of fused-ring (bicyclic) bond motifs is 6. The molecule has 7 aromatic carbocycles. The summed E-state index contributed by atoms with van der Waals surface area (Å²) < 4.78 is 0. The molecule has 8 aromatic rings. The van der Waals surface area contributed by atoms with Crippen LogP contribution in [0.1, 0.15) is 11.1 Å². The van der Waals surface area contributed by atoms with Gasteiger partial charge in [-0.05, 0) is 91.8 Å². The summed E-state index contributed by atoms with van der Waals surface area (Å²) in [6, 6.07) is 58.6. The molecule has 0 saturated heterocycles. The Balaban J connectivity index is 1.14. The molecule has 1 N–H and O–H groups in total. The highest BCUT2D eigenvalue weighted by Gasteiger charge is 2.37. The molecular weight excluding hydrogens is 621 g/mol. The first-order valence-corrected chi connectivity index (χ1v) is 17.3. The third kappa shape index (κ3) is 5.08. The predicted octanol–water partition coefficient (Wildman–Crippen LogP) is 11.4. The minimum atomic E-state index is -0.129. The molecule has 2 aliphatic heterocycles. The molecule has 0 saturated carbocycles. The quantitative estimate of drug-likeness (QED) is 0.188. The van der Waals surface area contributed by atoms with Crippen LogP contribution < -0.4 is 10.2 Å². The van der Waals surface area contributed by atoms with Crippen LogP contribution >= 0.6 is 0 Å². The van der Waals surface area contributed by atoms with Crippen molar-refractivity contribution in [1.29, 1.82) is 0 Å². The number of nitrogens with one attached hydrogen (secondary N) is 1. The van der Waals surface area contributed by atoms with Gasteiger partial charge in [0, 0.05) is 29.1 Å². The molecule has 51 heavy (non-hydrogen) atoms. The number of amidine groups is 1. The summed E-state index contributed by atoms with van der Waals surface area (Å²) in [6.07, 6.45) is 5.77. The first-order valence-electron chi connectivity index (χ1n) is 17.3. The van der Waals surface area contributed by atoms with Gasteiger partial charge in [0.15, 0.2) is 0 Å². The summed E-state index contributed by atoms with van der Waals surface area (Å²) in [6.45, 7) is 0. The summed E-state index contributed by atoms with van der Waals surface area (Å²) >= 11 is 0. The van der Waals surface area contributed by atoms with Gasteiger partial charge in [-0.15, -0.1) is 0 Å². The molecule has 0 bridgehead atoms. The minimum absolute atomic E-state index is 0.129. The number of anilines is 2. The van der Waals surface area contributed by atoms with Gasteiger partial charge >= 0.3 is 0 Å². The molecule has 10 rings (SSSR count). The fourth-order valence-electron chi connectivity index (χ4n) is 7.59. The molecule has 0 amide bonds. The number of aromatic nitrogens is 1. The van der Waals surface area contributed by atoms with Crippen molar-refractivity contribution in [3.63, 3.8) is 0 Å². The molecule has 3 heterocycles. The van der Waals surface area contributed by atoms with E-state index in [0.29, 0.717) is 0 Å². The Bertz CT molecular complexity index is 2650. The van der Waals surface area contributed by atoms with Crippen LogP contribution in [0.5, 0.6) is 0 Å². The van der Waals surface area contributed by atoms with Gasteiger partial charge in [-0.1, -0.05) is 127 Å². The Morgan fingerprint density at radius 2 is 1.10 bits per heavy atom. The summed E-state index contributed by atoms with van der Waals surface area (Å²) in [5, 5.41) is 8.89. The number of rotatable bonds is 5. The van der Waals surface area contributed by atoms with Crippen LogP contribution in [-0.4, -0.2) is 17.0 Å². The van der Waals surface area contributed by atoms with Crippen LogP contribution in [-0.2, 0) is 0 Å². The van der Waals surface area contributed by atoms with E-state index < -0.39 is 0 Å². The van der Waals surface area contributed by atoms with E-state index in [0.717, 1.165) is 45.2 Å². The van der Waals surface area contributed by atoms with Crippen LogP contribution in [0, 0.1) is 0 Å². The second-order valence-electron chi connectivity index (χ2n) is 13.1. The number of pyridine rings is 1. The predicted molar refractivity (Wildman–Crippen MR) is 213 cm³/mol. The Hall–Kier alpha value is -6.78. The lowest BCUT2D eigenvalue weighted by Gasteiger charge is -2.30. The van der Waals surface area contributed by atoms with Gasteiger partial charge in [0.05, 0.1) is 17.1 Å². The van der Waals surface area contributed by atoms with Gasteiger partial charge in [0.1, 0.15) is 12.0 Å². The van der Waals surface area contributed by atoms with Gasteiger partial charge in [0.25, 0.3) is 0 Å². The molecule has 0 spiro atoms. The fourth-order valence-corrected chi connectivity index (χ4v) is 7.59. The van der Waals surface area contributed by atoms with Crippen LogP contribution in [0.15, 0.2) is 187 Å². The van der Waals surface area contributed by atoms with E-state index >= 15 is 0 Å². The Morgan fingerprint density at radius 1 is 0.490 bits per heavy atom. The molecule has 0 radical (unpaired) electrons. The molecule has 2 aliphatic rings. The van der Waals surface area contributed by atoms with E-state index in [9.17, 15) is 0 Å². The number of hydrogen-bond donors (Lipinski definition) is 1. The molecule has 0 fully saturated rings. The van der Waals surface area contributed by atoms with Crippen molar-refractivity contribution in [2.75, 3.05) is 10.2 Å². The first-order chi connectivity index (χ1) is 25.3. The highest BCUT2D eigenvalue weighted by Crippen LogP contribution is 2.48. The molecule has 0 aliphatic carbocycles. The first kappa shape index (κ1) is 29.2. The average Bonchev–Trinajstić information content (AvgIpc) is 3.59. The van der Waals surface area contributed by atoms with Crippen molar-refractivity contribution in [2.45, 2.75) is 6.17 Å². The molecule has 1 unspecified atom stereocenters. The minimum Gasteiger partial charge on any atom is -0.359 e. The van der Waals surface area contributed by atoms with E-state index in [-0.39, 0.29) is 6.17 Å². The Kier molecular flexibility index (Phi) is 6.85. The lowest BCUT2D eigenvalue weighted by molar-refractivity contribution is 0.933. The van der Waals surface area contributed by atoms with Gasteiger partial charge in [-0.3, -0.25) is 9.88 Å². The molecule has 240 valence electrons. The van der Waals surface area contributed by atoms with E-state index in [4.69, 9.17) is 4.99 Å². The zero-order chi connectivity index (χ0) is 33.7. The average molecular weight is 653 g/mol. The zero-order valence-corrected chi connectivity index (χ0v) is 27.7. The van der Waals surface area contributed by atoms with Gasteiger partial charge < -0.3 is 5.32 Å². The van der Waals surface area contributed by atoms with Gasteiger partial charge in [-0.2, -0.15) is 0 Å². The fraction of sp³-hybridized carbons (Fsp3) is 0.0213. The third-order valence-corrected chi connectivity index (χ3v) is 10.1.